The van der Waals surface area contributed by atoms with Gasteiger partial charge in [0.05, 0.1) is 30.1 Å². The Kier molecular flexibility index (Phi) is 5.20. The van der Waals surface area contributed by atoms with Crippen molar-refractivity contribution in [2.24, 2.45) is 5.10 Å². The number of ether oxygens (including phenoxy) is 1. The lowest BCUT2D eigenvalue weighted by molar-refractivity contribution is -0.137. The van der Waals surface area contributed by atoms with Gasteiger partial charge in [-0.25, -0.2) is 4.39 Å². The van der Waals surface area contributed by atoms with Crippen LogP contribution in [0, 0.1) is 5.82 Å². The van der Waals surface area contributed by atoms with Gasteiger partial charge in [-0.3, -0.25) is 5.01 Å². The Hall–Kier alpha value is -3.35. The van der Waals surface area contributed by atoms with E-state index in [4.69, 9.17) is 4.74 Å². The number of alkyl halides is 3. The molecule has 0 bridgehead atoms. The average molecular weight is 414 g/mol. The van der Waals surface area contributed by atoms with Crippen LogP contribution in [-0.4, -0.2) is 12.8 Å². The van der Waals surface area contributed by atoms with Crippen molar-refractivity contribution in [3.05, 3.63) is 95.3 Å². The van der Waals surface area contributed by atoms with Crippen molar-refractivity contribution in [1.82, 2.24) is 0 Å². The van der Waals surface area contributed by atoms with Crippen LogP contribution < -0.4 is 9.75 Å². The van der Waals surface area contributed by atoms with E-state index in [0.29, 0.717) is 17.9 Å². The zero-order valence-electron chi connectivity index (χ0n) is 16.0. The lowest BCUT2D eigenvalue weighted by Gasteiger charge is -2.24. The Balaban J connectivity index is 1.75. The molecular weight excluding hydrogens is 396 g/mol. The van der Waals surface area contributed by atoms with Crippen molar-refractivity contribution in [1.29, 1.82) is 0 Å². The van der Waals surface area contributed by atoms with Gasteiger partial charge in [-0.05, 0) is 65.7 Å². The van der Waals surface area contributed by atoms with Gasteiger partial charge in [-0.1, -0.05) is 18.2 Å². The number of anilines is 1. The lowest BCUT2D eigenvalue weighted by atomic mass is 9.98. The first-order valence-corrected chi connectivity index (χ1v) is 9.29. The molecule has 3 aromatic rings. The third-order valence-electron chi connectivity index (χ3n) is 5.03. The van der Waals surface area contributed by atoms with Crippen LogP contribution in [0.25, 0.3) is 0 Å². The van der Waals surface area contributed by atoms with Crippen molar-refractivity contribution >= 4 is 11.4 Å². The maximum absolute atomic E-state index is 13.4. The van der Waals surface area contributed by atoms with Crippen LogP contribution in [0.15, 0.2) is 77.9 Å². The summed E-state index contributed by atoms with van der Waals surface area (Å²) >= 11 is 0. The minimum absolute atomic E-state index is 0.322. The van der Waals surface area contributed by atoms with Gasteiger partial charge >= 0.3 is 6.18 Å². The summed E-state index contributed by atoms with van der Waals surface area (Å²) in [4.78, 5) is 0. The second-order valence-electron chi connectivity index (χ2n) is 6.94. The Bertz CT molecular complexity index is 1060. The maximum atomic E-state index is 13.4. The minimum Gasteiger partial charge on any atom is -0.497 e. The van der Waals surface area contributed by atoms with E-state index in [0.717, 1.165) is 29.0 Å². The molecule has 0 spiro atoms. The van der Waals surface area contributed by atoms with E-state index < -0.39 is 11.7 Å². The van der Waals surface area contributed by atoms with E-state index in [2.05, 4.69) is 5.10 Å². The van der Waals surface area contributed by atoms with E-state index in [1.165, 1.54) is 18.2 Å². The van der Waals surface area contributed by atoms with Gasteiger partial charge in [0.2, 0.25) is 0 Å². The van der Waals surface area contributed by atoms with Crippen molar-refractivity contribution < 1.29 is 22.3 Å². The summed E-state index contributed by atoms with van der Waals surface area (Å²) in [6.07, 6.45) is -3.99. The lowest BCUT2D eigenvalue weighted by Crippen LogP contribution is -2.19. The molecule has 0 saturated carbocycles. The van der Waals surface area contributed by atoms with E-state index >= 15 is 0 Å². The van der Waals surface area contributed by atoms with Gasteiger partial charge in [0.15, 0.2) is 0 Å². The highest BCUT2D eigenvalue weighted by Gasteiger charge is 2.34. The van der Waals surface area contributed by atoms with Gasteiger partial charge in [-0.2, -0.15) is 18.3 Å². The Labute approximate surface area is 171 Å². The molecule has 3 nitrogen and oxygen atoms in total. The molecule has 0 saturated heterocycles. The zero-order chi connectivity index (χ0) is 21.3. The smallest absolute Gasteiger partial charge is 0.416 e. The quantitative estimate of drug-likeness (QED) is 0.474. The highest BCUT2D eigenvalue weighted by molar-refractivity contribution is 6.03. The highest BCUT2D eigenvalue weighted by Crippen LogP contribution is 2.39. The van der Waals surface area contributed by atoms with Gasteiger partial charge < -0.3 is 4.74 Å². The van der Waals surface area contributed by atoms with Crippen LogP contribution in [-0.2, 0) is 6.18 Å². The zero-order valence-corrected chi connectivity index (χ0v) is 16.0. The highest BCUT2D eigenvalue weighted by atomic mass is 19.4. The number of hydrogen-bond acceptors (Lipinski definition) is 3. The van der Waals surface area contributed by atoms with Gasteiger partial charge in [0, 0.05) is 6.42 Å². The minimum atomic E-state index is -4.45. The standard InChI is InChI=1S/C23H18F4N2O/c1-30-20-11-7-15(8-12-20)21-14-22(16-5-9-18(24)10-6-16)29(28-21)19-4-2-3-17(13-19)23(25,26)27/h2-13,22H,14H2,1H3. The van der Waals surface area contributed by atoms with Gasteiger partial charge in [0.25, 0.3) is 0 Å². The van der Waals surface area contributed by atoms with Crippen LogP contribution >= 0.6 is 0 Å². The summed E-state index contributed by atoms with van der Waals surface area (Å²) in [6, 6.07) is 18.0. The number of hydrazone groups is 1. The molecule has 1 unspecified atom stereocenters. The fourth-order valence-corrected chi connectivity index (χ4v) is 3.48. The van der Waals surface area contributed by atoms with Crippen LogP contribution in [0.5, 0.6) is 5.75 Å². The second kappa shape index (κ2) is 7.82. The normalized spacial score (nSPS) is 16.5. The largest absolute Gasteiger partial charge is 0.497 e. The Morgan fingerprint density at radius 2 is 1.67 bits per heavy atom. The first kappa shape index (κ1) is 19.9. The fourth-order valence-electron chi connectivity index (χ4n) is 3.48. The molecule has 0 aromatic heterocycles. The summed E-state index contributed by atoms with van der Waals surface area (Å²) in [5.74, 6) is 0.320. The van der Waals surface area contributed by atoms with Crippen LogP contribution in [0.4, 0.5) is 23.2 Å². The SMILES string of the molecule is COc1ccc(C2=NN(c3cccc(C(F)(F)F)c3)C(c3ccc(F)cc3)C2)cc1. The summed E-state index contributed by atoms with van der Waals surface area (Å²) in [6.45, 7) is 0. The van der Waals surface area contributed by atoms with E-state index in [1.807, 2.05) is 12.1 Å². The monoisotopic (exact) mass is 414 g/mol. The molecule has 0 fully saturated rings. The summed E-state index contributed by atoms with van der Waals surface area (Å²) in [5.41, 5.74) is 1.91. The number of methoxy groups -OCH3 is 1. The van der Waals surface area contributed by atoms with Gasteiger partial charge in [-0.15, -0.1) is 0 Å². The molecule has 30 heavy (non-hydrogen) atoms. The number of halogens is 4. The van der Waals surface area contributed by atoms with Gasteiger partial charge in [0.1, 0.15) is 11.6 Å². The molecule has 1 aliphatic rings. The molecule has 0 aliphatic carbocycles. The predicted molar refractivity (Wildman–Crippen MR) is 107 cm³/mol. The molecule has 4 rings (SSSR count). The molecule has 0 radical (unpaired) electrons. The number of rotatable bonds is 4. The van der Waals surface area contributed by atoms with E-state index in [-0.39, 0.29) is 11.9 Å². The first-order valence-electron chi connectivity index (χ1n) is 9.29. The third kappa shape index (κ3) is 4.01. The van der Waals surface area contributed by atoms with Crippen molar-refractivity contribution in [3.8, 4) is 5.75 Å². The second-order valence-corrected chi connectivity index (χ2v) is 6.94. The molecule has 154 valence electrons. The molecular formula is C23H18F4N2O. The van der Waals surface area contributed by atoms with Crippen LogP contribution in [0.1, 0.15) is 29.2 Å². The van der Waals surface area contributed by atoms with Crippen molar-refractivity contribution in [2.75, 3.05) is 12.1 Å². The number of hydrogen-bond donors (Lipinski definition) is 0. The summed E-state index contributed by atoms with van der Waals surface area (Å²) in [7, 11) is 1.57. The maximum Gasteiger partial charge on any atom is 0.416 e. The number of nitrogens with zero attached hydrogens (tertiary/aromatic N) is 2. The Morgan fingerprint density at radius 1 is 0.967 bits per heavy atom. The predicted octanol–water partition coefficient (Wildman–Crippen LogP) is 6.21. The van der Waals surface area contributed by atoms with Crippen LogP contribution in [0.3, 0.4) is 0 Å². The Morgan fingerprint density at radius 3 is 2.30 bits per heavy atom. The molecule has 3 aromatic carbocycles. The molecule has 1 heterocycles. The van der Waals surface area contributed by atoms with Crippen molar-refractivity contribution in [2.45, 2.75) is 18.6 Å². The number of benzene rings is 3. The molecule has 1 atom stereocenters. The third-order valence-corrected chi connectivity index (χ3v) is 5.03. The van der Waals surface area contributed by atoms with Crippen molar-refractivity contribution in [3.63, 3.8) is 0 Å². The molecule has 0 N–H and O–H groups in total. The average Bonchev–Trinajstić information content (AvgIpc) is 3.19. The summed E-state index contributed by atoms with van der Waals surface area (Å²) in [5, 5.41) is 6.21. The van der Waals surface area contributed by atoms with E-state index in [9.17, 15) is 17.6 Å². The fraction of sp³-hybridized carbons (Fsp3) is 0.174. The summed E-state index contributed by atoms with van der Waals surface area (Å²) < 4.78 is 58.3. The molecule has 1 aliphatic heterocycles. The van der Waals surface area contributed by atoms with Crippen LogP contribution in [0.2, 0.25) is 0 Å². The molecule has 0 amide bonds. The van der Waals surface area contributed by atoms with E-state index in [1.54, 1.807) is 42.5 Å². The topological polar surface area (TPSA) is 24.8 Å². The first-order chi connectivity index (χ1) is 14.3. The molecule has 7 heteroatoms.